The molecule has 0 radical (unpaired) electrons. The maximum atomic E-state index is 11.7. The molecule has 0 aliphatic rings. The highest BCUT2D eigenvalue weighted by Crippen LogP contribution is 2.05. The van der Waals surface area contributed by atoms with Gasteiger partial charge >= 0.3 is 12.1 Å². The van der Waals surface area contributed by atoms with Crippen LogP contribution in [-0.4, -0.2) is 25.2 Å². The van der Waals surface area contributed by atoms with Crippen LogP contribution in [0.3, 0.4) is 0 Å². The topological polar surface area (TPSA) is 64.6 Å². The Hall–Kier alpha value is -1.88. The number of carbonyl (C=O) groups is 2. The zero-order valence-corrected chi connectivity index (χ0v) is 11.4. The van der Waals surface area contributed by atoms with Crippen LogP contribution in [0.25, 0.3) is 0 Å². The molecule has 1 N–H and O–H groups in total. The fourth-order valence-corrected chi connectivity index (χ4v) is 1.61. The number of nitrogens with one attached hydrogen (secondary N) is 1. The van der Waals surface area contributed by atoms with Crippen molar-refractivity contribution >= 4 is 12.1 Å². The molecule has 0 aliphatic heterocycles. The summed E-state index contributed by atoms with van der Waals surface area (Å²) in [6, 6.07) is 8.66. The molecule has 0 saturated heterocycles. The second kappa shape index (κ2) is 7.53. The minimum absolute atomic E-state index is 0.0272. The van der Waals surface area contributed by atoms with E-state index in [2.05, 4.69) is 10.1 Å². The summed E-state index contributed by atoms with van der Waals surface area (Å²) in [6.45, 7) is 3.80. The second-order valence-electron chi connectivity index (χ2n) is 4.46. The molecule has 5 heteroatoms. The Labute approximate surface area is 112 Å². The Bertz CT molecular complexity index is 417. The molecule has 0 amide bonds. The van der Waals surface area contributed by atoms with Gasteiger partial charge in [-0.15, -0.1) is 0 Å². The fourth-order valence-electron chi connectivity index (χ4n) is 1.61. The molecule has 0 aliphatic carbocycles. The van der Waals surface area contributed by atoms with Gasteiger partial charge in [-0.1, -0.05) is 44.2 Å². The number of ether oxygens (including phenoxy) is 2. The van der Waals surface area contributed by atoms with Crippen molar-refractivity contribution in [1.29, 1.82) is 0 Å². The predicted octanol–water partition coefficient (Wildman–Crippen LogP) is 2.11. The van der Waals surface area contributed by atoms with Crippen molar-refractivity contribution in [3.05, 3.63) is 35.9 Å². The van der Waals surface area contributed by atoms with Crippen molar-refractivity contribution in [3.63, 3.8) is 0 Å². The van der Waals surface area contributed by atoms with E-state index in [-0.39, 0.29) is 12.5 Å². The largest absolute Gasteiger partial charge is 0.516 e. The van der Waals surface area contributed by atoms with E-state index in [1.165, 1.54) is 0 Å². The highest BCUT2D eigenvalue weighted by atomic mass is 16.7. The number of hydrogen-bond donors (Lipinski definition) is 1. The lowest BCUT2D eigenvalue weighted by molar-refractivity contribution is -0.143. The Morgan fingerprint density at radius 1 is 1.21 bits per heavy atom. The van der Waals surface area contributed by atoms with Crippen LogP contribution in [-0.2, 0) is 20.9 Å². The lowest BCUT2D eigenvalue weighted by atomic mass is 10.1. The van der Waals surface area contributed by atoms with E-state index in [4.69, 9.17) is 4.74 Å². The molecule has 0 unspecified atom stereocenters. The first-order valence-corrected chi connectivity index (χ1v) is 6.14. The molecule has 0 saturated carbocycles. The first-order chi connectivity index (χ1) is 9.04. The van der Waals surface area contributed by atoms with Gasteiger partial charge in [-0.2, -0.15) is 0 Å². The summed E-state index contributed by atoms with van der Waals surface area (Å²) < 4.78 is 9.49. The minimum atomic E-state index is -0.977. The highest BCUT2D eigenvalue weighted by molar-refractivity contribution is 5.85. The first-order valence-electron chi connectivity index (χ1n) is 6.14. The summed E-state index contributed by atoms with van der Waals surface area (Å²) >= 11 is 0. The van der Waals surface area contributed by atoms with E-state index < -0.39 is 18.2 Å². The van der Waals surface area contributed by atoms with Crippen molar-refractivity contribution in [3.8, 4) is 0 Å². The van der Waals surface area contributed by atoms with Gasteiger partial charge < -0.3 is 14.8 Å². The third kappa shape index (κ3) is 5.09. The van der Waals surface area contributed by atoms with Gasteiger partial charge in [0.05, 0.1) is 0 Å². The van der Waals surface area contributed by atoms with E-state index in [1.54, 1.807) is 7.05 Å². The standard InChI is InChI=1S/C14H19NO4/c1-10(2)12(15-3)13(16)19-14(17)18-9-11-7-5-4-6-8-11/h4-8,10,12,15H,9H2,1-3H3/t12-/m0/s1. The summed E-state index contributed by atoms with van der Waals surface area (Å²) in [5.74, 6) is -0.602. The quantitative estimate of drug-likeness (QED) is 0.652. The summed E-state index contributed by atoms with van der Waals surface area (Å²) in [5, 5.41) is 2.80. The van der Waals surface area contributed by atoms with Crippen LogP contribution >= 0.6 is 0 Å². The van der Waals surface area contributed by atoms with Crippen molar-refractivity contribution in [2.24, 2.45) is 5.92 Å². The molecule has 0 spiro atoms. The summed E-state index contributed by atoms with van der Waals surface area (Å²) in [5.41, 5.74) is 0.834. The monoisotopic (exact) mass is 265 g/mol. The summed E-state index contributed by atoms with van der Waals surface area (Å²) in [6.07, 6.45) is -0.977. The highest BCUT2D eigenvalue weighted by Gasteiger charge is 2.24. The van der Waals surface area contributed by atoms with Crippen molar-refractivity contribution in [2.75, 3.05) is 7.05 Å². The molecule has 5 nitrogen and oxygen atoms in total. The van der Waals surface area contributed by atoms with Gasteiger partial charge in [0.2, 0.25) is 0 Å². The smallest absolute Gasteiger partial charge is 0.429 e. The molecule has 1 aromatic carbocycles. The average molecular weight is 265 g/mol. The second-order valence-corrected chi connectivity index (χ2v) is 4.46. The minimum Gasteiger partial charge on any atom is -0.429 e. The van der Waals surface area contributed by atoms with Gasteiger partial charge in [0, 0.05) is 0 Å². The zero-order chi connectivity index (χ0) is 14.3. The van der Waals surface area contributed by atoms with Gasteiger partial charge in [0.15, 0.2) is 0 Å². The van der Waals surface area contributed by atoms with Crippen molar-refractivity contribution in [1.82, 2.24) is 5.32 Å². The van der Waals surface area contributed by atoms with Crippen LogP contribution in [0.1, 0.15) is 19.4 Å². The van der Waals surface area contributed by atoms with E-state index in [9.17, 15) is 9.59 Å². The molecule has 1 rings (SSSR count). The Kier molecular flexibility index (Phi) is 6.02. The van der Waals surface area contributed by atoms with Crippen LogP contribution in [0.5, 0.6) is 0 Å². The molecular weight excluding hydrogens is 246 g/mol. The maximum absolute atomic E-state index is 11.7. The Morgan fingerprint density at radius 3 is 2.37 bits per heavy atom. The molecule has 104 valence electrons. The van der Waals surface area contributed by atoms with E-state index >= 15 is 0 Å². The summed E-state index contributed by atoms with van der Waals surface area (Å²) in [7, 11) is 1.64. The van der Waals surface area contributed by atoms with Crippen LogP contribution in [0.2, 0.25) is 0 Å². The number of esters is 1. The van der Waals surface area contributed by atoms with E-state index in [0.29, 0.717) is 0 Å². The molecule has 1 atom stereocenters. The number of rotatable bonds is 5. The lowest BCUT2D eigenvalue weighted by Crippen LogP contribution is -2.40. The van der Waals surface area contributed by atoms with Gasteiger partial charge in [-0.05, 0) is 18.5 Å². The Morgan fingerprint density at radius 2 is 1.84 bits per heavy atom. The number of hydrogen-bond acceptors (Lipinski definition) is 5. The number of likely N-dealkylation sites (N-methyl/N-ethyl adjacent to an activating group) is 1. The fraction of sp³-hybridized carbons (Fsp3) is 0.429. The van der Waals surface area contributed by atoms with E-state index in [1.807, 2.05) is 44.2 Å². The lowest BCUT2D eigenvalue weighted by Gasteiger charge is -2.17. The SMILES string of the molecule is CN[C@H](C(=O)OC(=O)OCc1ccccc1)C(C)C. The molecule has 1 aromatic rings. The van der Waals surface area contributed by atoms with Gasteiger partial charge in [0.1, 0.15) is 12.6 Å². The normalized spacial score (nSPS) is 12.0. The molecule has 0 heterocycles. The Balaban J connectivity index is 2.41. The van der Waals surface area contributed by atoms with Crippen molar-refractivity contribution in [2.45, 2.75) is 26.5 Å². The van der Waals surface area contributed by atoms with Gasteiger partial charge in [-0.3, -0.25) is 0 Å². The zero-order valence-electron chi connectivity index (χ0n) is 11.4. The number of benzene rings is 1. The van der Waals surface area contributed by atoms with Crippen LogP contribution < -0.4 is 5.32 Å². The molecule has 19 heavy (non-hydrogen) atoms. The van der Waals surface area contributed by atoms with Crippen LogP contribution in [0.4, 0.5) is 4.79 Å². The molecule has 0 fully saturated rings. The van der Waals surface area contributed by atoms with Crippen LogP contribution in [0.15, 0.2) is 30.3 Å². The molecule has 0 bridgehead atoms. The predicted molar refractivity (Wildman–Crippen MR) is 70.4 cm³/mol. The van der Waals surface area contributed by atoms with Gasteiger partial charge in [-0.25, -0.2) is 9.59 Å². The van der Waals surface area contributed by atoms with Crippen LogP contribution in [0, 0.1) is 5.92 Å². The van der Waals surface area contributed by atoms with Gasteiger partial charge in [0.25, 0.3) is 0 Å². The number of carbonyl (C=O) groups excluding carboxylic acids is 2. The first kappa shape index (κ1) is 15.2. The molecular formula is C14H19NO4. The third-order valence-electron chi connectivity index (χ3n) is 2.62. The average Bonchev–Trinajstić information content (AvgIpc) is 2.38. The molecule has 0 aromatic heterocycles. The third-order valence-corrected chi connectivity index (χ3v) is 2.62. The van der Waals surface area contributed by atoms with Crippen molar-refractivity contribution < 1.29 is 19.1 Å². The summed E-state index contributed by atoms with van der Waals surface area (Å²) in [4.78, 5) is 23.0. The van der Waals surface area contributed by atoms with E-state index in [0.717, 1.165) is 5.56 Å². The maximum Gasteiger partial charge on any atom is 0.516 e.